The fourth-order valence-corrected chi connectivity index (χ4v) is 2.97. The standard InChI is InChI=1S/C22H26N2O4/c1-15(2)18-10-20(22(26)24-19-4-3-9-23-12-19)28-21(11-18)27-14-17-7-5-16(13-25)6-8-17/h3-10,12,15,18,21,25H,11,13-14H2,1-2H3,(H,24,26)/t18-,21+/m0/s1. The summed E-state index contributed by atoms with van der Waals surface area (Å²) in [4.78, 5) is 16.6. The van der Waals surface area contributed by atoms with Crippen molar-refractivity contribution in [3.63, 3.8) is 0 Å². The zero-order chi connectivity index (χ0) is 19.9. The number of anilines is 1. The van der Waals surface area contributed by atoms with E-state index in [4.69, 9.17) is 14.6 Å². The second kappa shape index (κ2) is 9.48. The molecule has 0 unspecified atom stereocenters. The largest absolute Gasteiger partial charge is 0.459 e. The number of hydrogen-bond donors (Lipinski definition) is 2. The number of aliphatic hydroxyl groups is 1. The Bertz CT molecular complexity index is 803. The molecule has 0 spiro atoms. The van der Waals surface area contributed by atoms with Crippen LogP contribution in [0.4, 0.5) is 5.69 Å². The van der Waals surface area contributed by atoms with E-state index < -0.39 is 6.29 Å². The molecule has 1 amide bonds. The summed E-state index contributed by atoms with van der Waals surface area (Å²) in [5, 5.41) is 11.9. The first-order valence-corrected chi connectivity index (χ1v) is 9.45. The first-order chi connectivity index (χ1) is 13.5. The van der Waals surface area contributed by atoms with Gasteiger partial charge in [-0.15, -0.1) is 0 Å². The van der Waals surface area contributed by atoms with Gasteiger partial charge in [-0.3, -0.25) is 9.78 Å². The smallest absolute Gasteiger partial charge is 0.290 e. The third-order valence-electron chi connectivity index (χ3n) is 4.73. The van der Waals surface area contributed by atoms with Crippen LogP contribution in [0, 0.1) is 11.8 Å². The second-order valence-corrected chi connectivity index (χ2v) is 7.20. The zero-order valence-electron chi connectivity index (χ0n) is 16.2. The summed E-state index contributed by atoms with van der Waals surface area (Å²) in [5.74, 6) is 0.513. The van der Waals surface area contributed by atoms with Crippen molar-refractivity contribution in [3.05, 3.63) is 71.8 Å². The summed E-state index contributed by atoms with van der Waals surface area (Å²) in [7, 11) is 0. The lowest BCUT2D eigenvalue weighted by molar-refractivity contribution is -0.152. The van der Waals surface area contributed by atoms with Gasteiger partial charge in [0.05, 0.1) is 25.1 Å². The van der Waals surface area contributed by atoms with Crippen LogP contribution in [0.15, 0.2) is 60.6 Å². The fraction of sp³-hybridized carbons (Fsp3) is 0.364. The Hall–Kier alpha value is -2.70. The Morgan fingerprint density at radius 3 is 2.68 bits per heavy atom. The molecule has 0 fully saturated rings. The molecule has 2 atom stereocenters. The highest BCUT2D eigenvalue weighted by molar-refractivity contribution is 6.02. The number of carbonyl (C=O) groups is 1. The summed E-state index contributed by atoms with van der Waals surface area (Å²) >= 11 is 0. The number of nitrogens with one attached hydrogen (secondary N) is 1. The van der Waals surface area contributed by atoms with Crippen molar-refractivity contribution >= 4 is 11.6 Å². The molecule has 1 aliphatic heterocycles. The van der Waals surface area contributed by atoms with Crippen LogP contribution in [0.2, 0.25) is 0 Å². The van der Waals surface area contributed by atoms with Crippen LogP contribution in [0.25, 0.3) is 0 Å². The predicted octanol–water partition coefficient (Wildman–Crippen LogP) is 3.63. The molecule has 6 nitrogen and oxygen atoms in total. The topological polar surface area (TPSA) is 80.7 Å². The van der Waals surface area contributed by atoms with Gasteiger partial charge in [0.1, 0.15) is 0 Å². The minimum atomic E-state index is -0.496. The van der Waals surface area contributed by atoms with Crippen LogP contribution in [-0.4, -0.2) is 22.3 Å². The third kappa shape index (κ3) is 5.41. The number of rotatable bonds is 7. The summed E-state index contributed by atoms with van der Waals surface area (Å²) in [6.07, 6.45) is 5.32. The average Bonchev–Trinajstić information content (AvgIpc) is 2.73. The van der Waals surface area contributed by atoms with Crippen LogP contribution in [0.1, 0.15) is 31.4 Å². The van der Waals surface area contributed by atoms with Gasteiger partial charge in [0, 0.05) is 12.6 Å². The van der Waals surface area contributed by atoms with Gasteiger partial charge in [0.15, 0.2) is 5.76 Å². The number of allylic oxidation sites excluding steroid dienone is 1. The number of carbonyl (C=O) groups excluding carboxylic acids is 1. The highest BCUT2D eigenvalue weighted by Gasteiger charge is 2.29. The van der Waals surface area contributed by atoms with Crippen molar-refractivity contribution in [2.75, 3.05) is 5.32 Å². The molecule has 0 bridgehead atoms. The number of aliphatic hydroxyl groups excluding tert-OH is 1. The van der Waals surface area contributed by atoms with E-state index in [1.807, 2.05) is 30.3 Å². The summed E-state index contributed by atoms with van der Waals surface area (Å²) in [5.41, 5.74) is 2.46. The Morgan fingerprint density at radius 2 is 2.04 bits per heavy atom. The Labute approximate surface area is 165 Å². The molecule has 1 aromatic heterocycles. The summed E-state index contributed by atoms with van der Waals surface area (Å²) in [6.45, 7) is 4.63. The molecule has 2 heterocycles. The normalized spacial score (nSPS) is 19.1. The maximum Gasteiger partial charge on any atom is 0.290 e. The van der Waals surface area contributed by atoms with E-state index >= 15 is 0 Å². The lowest BCUT2D eigenvalue weighted by Gasteiger charge is -2.30. The van der Waals surface area contributed by atoms with Gasteiger partial charge in [-0.05, 0) is 41.2 Å². The molecule has 6 heteroatoms. The summed E-state index contributed by atoms with van der Waals surface area (Å²) in [6, 6.07) is 11.1. The highest BCUT2D eigenvalue weighted by atomic mass is 16.7. The number of amides is 1. The van der Waals surface area contributed by atoms with Crippen LogP contribution in [0.3, 0.4) is 0 Å². The SMILES string of the molecule is CC(C)[C@H]1C=C(C(=O)Nc2cccnc2)O[C@@H](OCc2ccc(CO)cc2)C1. The van der Waals surface area contributed by atoms with E-state index in [1.165, 1.54) is 0 Å². The first-order valence-electron chi connectivity index (χ1n) is 9.45. The van der Waals surface area contributed by atoms with Gasteiger partial charge in [0.2, 0.25) is 6.29 Å². The Kier molecular flexibility index (Phi) is 6.79. The van der Waals surface area contributed by atoms with E-state index in [-0.39, 0.29) is 24.2 Å². The van der Waals surface area contributed by atoms with E-state index in [0.717, 1.165) is 11.1 Å². The minimum Gasteiger partial charge on any atom is -0.459 e. The average molecular weight is 382 g/mol. The number of pyridine rings is 1. The maximum atomic E-state index is 12.6. The first kappa shape index (κ1) is 20.0. The molecule has 28 heavy (non-hydrogen) atoms. The van der Waals surface area contributed by atoms with E-state index in [1.54, 1.807) is 24.5 Å². The van der Waals surface area contributed by atoms with Crippen molar-refractivity contribution in [3.8, 4) is 0 Å². The highest BCUT2D eigenvalue weighted by Crippen LogP contribution is 2.29. The lowest BCUT2D eigenvalue weighted by Crippen LogP contribution is -2.31. The number of benzene rings is 1. The minimum absolute atomic E-state index is 0.0170. The van der Waals surface area contributed by atoms with Gasteiger partial charge in [-0.25, -0.2) is 0 Å². The van der Waals surface area contributed by atoms with E-state index in [9.17, 15) is 4.79 Å². The molecular formula is C22H26N2O4. The zero-order valence-corrected chi connectivity index (χ0v) is 16.2. The van der Waals surface area contributed by atoms with Crippen LogP contribution in [0.5, 0.6) is 0 Å². The maximum absolute atomic E-state index is 12.6. The molecule has 3 rings (SSSR count). The van der Waals surface area contributed by atoms with E-state index in [2.05, 4.69) is 24.1 Å². The van der Waals surface area contributed by atoms with Crippen LogP contribution < -0.4 is 5.32 Å². The fourth-order valence-electron chi connectivity index (χ4n) is 2.97. The monoisotopic (exact) mass is 382 g/mol. The van der Waals surface area contributed by atoms with Crippen molar-refractivity contribution in [2.45, 2.75) is 39.8 Å². The van der Waals surface area contributed by atoms with Gasteiger partial charge in [-0.1, -0.05) is 38.1 Å². The Morgan fingerprint density at radius 1 is 1.29 bits per heavy atom. The molecular weight excluding hydrogens is 356 g/mol. The number of ether oxygens (including phenoxy) is 2. The van der Waals surface area contributed by atoms with Gasteiger partial charge >= 0.3 is 0 Å². The van der Waals surface area contributed by atoms with Gasteiger partial charge < -0.3 is 19.9 Å². The molecule has 2 N–H and O–H groups in total. The predicted molar refractivity (Wildman–Crippen MR) is 106 cm³/mol. The van der Waals surface area contributed by atoms with Crippen LogP contribution >= 0.6 is 0 Å². The quantitative estimate of drug-likeness (QED) is 0.764. The second-order valence-electron chi connectivity index (χ2n) is 7.20. The number of aromatic nitrogens is 1. The number of nitrogens with zero attached hydrogens (tertiary/aromatic N) is 1. The lowest BCUT2D eigenvalue weighted by atomic mass is 9.90. The van der Waals surface area contributed by atoms with Crippen LogP contribution in [-0.2, 0) is 27.5 Å². The van der Waals surface area contributed by atoms with E-state index in [0.29, 0.717) is 24.6 Å². The third-order valence-corrected chi connectivity index (χ3v) is 4.73. The van der Waals surface area contributed by atoms with Crippen molar-refractivity contribution in [2.24, 2.45) is 11.8 Å². The van der Waals surface area contributed by atoms with Crippen molar-refractivity contribution in [1.82, 2.24) is 4.98 Å². The van der Waals surface area contributed by atoms with Gasteiger partial charge in [-0.2, -0.15) is 0 Å². The Balaban J connectivity index is 1.64. The molecule has 2 aromatic rings. The molecule has 148 valence electrons. The molecule has 0 aliphatic carbocycles. The number of hydrogen-bond acceptors (Lipinski definition) is 5. The van der Waals surface area contributed by atoms with Crippen molar-refractivity contribution in [1.29, 1.82) is 0 Å². The molecule has 0 saturated heterocycles. The summed E-state index contributed by atoms with van der Waals surface area (Å²) < 4.78 is 11.8. The van der Waals surface area contributed by atoms with Gasteiger partial charge in [0.25, 0.3) is 5.91 Å². The molecule has 0 saturated carbocycles. The molecule has 0 radical (unpaired) electrons. The van der Waals surface area contributed by atoms with Crippen molar-refractivity contribution < 1.29 is 19.4 Å². The molecule has 1 aliphatic rings. The molecule has 1 aromatic carbocycles.